The number of hydrogen-bond acceptors (Lipinski definition) is 2. The summed E-state index contributed by atoms with van der Waals surface area (Å²) in [5.74, 6) is 0. The molecular weight excluding hydrogens is 196 g/mol. The molecule has 0 saturated heterocycles. The molecule has 1 aromatic rings. The monoisotopic (exact) mass is 212 g/mol. The minimum Gasteiger partial charge on any atom is -0.308 e. The van der Waals surface area contributed by atoms with Gasteiger partial charge in [0.2, 0.25) is 0 Å². The predicted octanol–water partition coefficient (Wildman–Crippen LogP) is 3.38. The highest BCUT2D eigenvalue weighted by Gasteiger charge is 1.99. The third-order valence-corrected chi connectivity index (χ3v) is 2.20. The van der Waals surface area contributed by atoms with Crippen molar-refractivity contribution < 1.29 is 0 Å². The number of benzene rings is 1. The first-order chi connectivity index (χ1) is 7.63. The molecule has 1 rings (SSSR count). The van der Waals surface area contributed by atoms with Gasteiger partial charge in [-0.3, -0.25) is 0 Å². The van der Waals surface area contributed by atoms with Crippen molar-refractivity contribution in [2.24, 2.45) is 0 Å². The average molecular weight is 212 g/mol. The third-order valence-electron chi connectivity index (χ3n) is 2.20. The maximum absolute atomic E-state index is 7.29. The van der Waals surface area contributed by atoms with Crippen LogP contribution in [0.5, 0.6) is 0 Å². The van der Waals surface area contributed by atoms with Crippen LogP contribution in [0.1, 0.15) is 18.1 Å². The Labute approximate surface area is 96.3 Å². The average Bonchev–Trinajstić information content (AvgIpc) is 2.27. The summed E-state index contributed by atoms with van der Waals surface area (Å²) in [5.41, 5.74) is 3.47. The Morgan fingerprint density at radius 1 is 1.31 bits per heavy atom. The summed E-state index contributed by atoms with van der Waals surface area (Å²) in [6, 6.07) is 7.79. The fourth-order valence-electron chi connectivity index (χ4n) is 1.38. The lowest BCUT2D eigenvalue weighted by molar-refractivity contribution is 1.20. The second-order valence-electron chi connectivity index (χ2n) is 3.69. The van der Waals surface area contributed by atoms with E-state index in [1.165, 1.54) is 6.21 Å². The van der Waals surface area contributed by atoms with E-state index in [-0.39, 0.29) is 0 Å². The molecule has 0 fully saturated rings. The Balaban J connectivity index is 2.77. The van der Waals surface area contributed by atoms with Gasteiger partial charge in [-0.05, 0) is 30.5 Å². The zero-order valence-corrected chi connectivity index (χ0v) is 9.46. The van der Waals surface area contributed by atoms with E-state index in [4.69, 9.17) is 10.8 Å². The smallest absolute Gasteiger partial charge is 0.0283 e. The normalized spacial score (nSPS) is 10.3. The van der Waals surface area contributed by atoms with E-state index >= 15 is 0 Å². The van der Waals surface area contributed by atoms with Gasteiger partial charge in [-0.1, -0.05) is 42.5 Å². The fourth-order valence-corrected chi connectivity index (χ4v) is 1.38. The van der Waals surface area contributed by atoms with Crippen LogP contribution < -0.4 is 0 Å². The van der Waals surface area contributed by atoms with Gasteiger partial charge in [-0.25, -0.2) is 0 Å². The van der Waals surface area contributed by atoms with Crippen LogP contribution in [-0.4, -0.2) is 11.9 Å². The minimum atomic E-state index is 0.515. The molecule has 2 heteroatoms. The molecule has 16 heavy (non-hydrogen) atoms. The van der Waals surface area contributed by atoms with Gasteiger partial charge in [0.25, 0.3) is 0 Å². The minimum absolute atomic E-state index is 0.515. The van der Waals surface area contributed by atoms with E-state index in [2.05, 4.69) is 6.58 Å². The van der Waals surface area contributed by atoms with Crippen LogP contribution in [0.3, 0.4) is 0 Å². The van der Waals surface area contributed by atoms with Crippen molar-refractivity contribution >= 4 is 11.9 Å². The molecule has 0 atom stereocenters. The molecule has 2 nitrogen and oxygen atoms in total. The number of allylic oxidation sites excluding steroid dienone is 3. The first-order valence-corrected chi connectivity index (χ1v) is 5.13. The van der Waals surface area contributed by atoms with Gasteiger partial charge in [-0.15, -0.1) is 0 Å². The highest BCUT2D eigenvalue weighted by atomic mass is 14.4. The predicted molar refractivity (Wildman–Crippen MR) is 69.7 cm³/mol. The maximum Gasteiger partial charge on any atom is 0.0283 e. The van der Waals surface area contributed by atoms with Crippen molar-refractivity contribution in [3.63, 3.8) is 0 Å². The first kappa shape index (κ1) is 12.1. The van der Waals surface area contributed by atoms with Gasteiger partial charge < -0.3 is 10.8 Å². The first-order valence-electron chi connectivity index (χ1n) is 5.13. The van der Waals surface area contributed by atoms with Crippen molar-refractivity contribution in [3.8, 4) is 0 Å². The van der Waals surface area contributed by atoms with E-state index in [0.29, 0.717) is 5.71 Å². The van der Waals surface area contributed by atoms with Crippen molar-refractivity contribution in [1.82, 2.24) is 0 Å². The molecule has 0 saturated carbocycles. The Bertz CT molecular complexity index is 442. The summed E-state index contributed by atoms with van der Waals surface area (Å²) in [5, 5.41) is 14.6. The zero-order chi connectivity index (χ0) is 12.0. The van der Waals surface area contributed by atoms with Crippen molar-refractivity contribution in [3.05, 3.63) is 59.7 Å². The van der Waals surface area contributed by atoms with Crippen LogP contribution >= 0.6 is 0 Å². The highest BCUT2D eigenvalue weighted by molar-refractivity contribution is 5.90. The number of nitrogens with one attached hydrogen (secondary N) is 2. The van der Waals surface area contributed by atoms with Crippen molar-refractivity contribution in [1.29, 1.82) is 10.8 Å². The second kappa shape index (κ2) is 5.81. The summed E-state index contributed by atoms with van der Waals surface area (Å²) in [7, 11) is 0. The summed E-state index contributed by atoms with van der Waals surface area (Å²) in [4.78, 5) is 0. The third kappa shape index (κ3) is 3.65. The molecule has 0 aliphatic heterocycles. The lowest BCUT2D eigenvalue weighted by atomic mass is 10.0. The molecule has 0 aliphatic carbocycles. The Morgan fingerprint density at radius 2 is 2.00 bits per heavy atom. The largest absolute Gasteiger partial charge is 0.308 e. The molecule has 0 aromatic heterocycles. The lowest BCUT2D eigenvalue weighted by Gasteiger charge is -2.04. The van der Waals surface area contributed by atoms with Crippen LogP contribution in [0, 0.1) is 10.8 Å². The SMILES string of the molecule is C=C(/C=C\C(C)=N)Cc1ccccc1C=N. The summed E-state index contributed by atoms with van der Waals surface area (Å²) in [6.07, 6.45) is 5.65. The molecule has 0 spiro atoms. The highest BCUT2D eigenvalue weighted by Crippen LogP contribution is 2.11. The number of rotatable bonds is 5. The van der Waals surface area contributed by atoms with Crippen molar-refractivity contribution in [2.75, 3.05) is 0 Å². The van der Waals surface area contributed by atoms with E-state index in [1.54, 1.807) is 13.0 Å². The molecule has 82 valence electrons. The quantitative estimate of drug-likeness (QED) is 0.555. The molecule has 2 N–H and O–H groups in total. The van der Waals surface area contributed by atoms with E-state index in [1.807, 2.05) is 30.3 Å². The Morgan fingerprint density at radius 3 is 2.62 bits per heavy atom. The van der Waals surface area contributed by atoms with Gasteiger partial charge >= 0.3 is 0 Å². The van der Waals surface area contributed by atoms with Crippen LogP contribution in [0.15, 0.2) is 48.6 Å². The van der Waals surface area contributed by atoms with Gasteiger partial charge in [0, 0.05) is 11.9 Å². The van der Waals surface area contributed by atoms with Crippen LogP contribution in [0.2, 0.25) is 0 Å². The molecule has 0 bridgehead atoms. The molecule has 0 aliphatic rings. The van der Waals surface area contributed by atoms with Crippen LogP contribution in [0.25, 0.3) is 0 Å². The molecule has 1 aromatic carbocycles. The summed E-state index contributed by atoms with van der Waals surface area (Å²) < 4.78 is 0. The summed E-state index contributed by atoms with van der Waals surface area (Å²) in [6.45, 7) is 5.67. The van der Waals surface area contributed by atoms with Gasteiger partial charge in [0.15, 0.2) is 0 Å². The zero-order valence-electron chi connectivity index (χ0n) is 9.46. The maximum atomic E-state index is 7.29. The van der Waals surface area contributed by atoms with Crippen LogP contribution in [-0.2, 0) is 6.42 Å². The fraction of sp³-hybridized carbons (Fsp3) is 0.143. The topological polar surface area (TPSA) is 47.7 Å². The van der Waals surface area contributed by atoms with Gasteiger partial charge in [0.1, 0.15) is 0 Å². The standard InChI is InChI=1S/C14H16N2/c1-11(7-8-12(2)16)9-13-5-3-4-6-14(13)10-15/h3-8,10,15-16H,1,9H2,2H3/b8-7-,15-10?,16-12?. The van der Waals surface area contributed by atoms with Crippen LogP contribution in [0.4, 0.5) is 0 Å². The molecular formula is C14H16N2. The molecule has 0 unspecified atom stereocenters. The molecule has 0 radical (unpaired) electrons. The van der Waals surface area contributed by atoms with E-state index in [9.17, 15) is 0 Å². The number of hydrogen-bond donors (Lipinski definition) is 2. The Hall–Kier alpha value is -1.96. The molecule has 0 amide bonds. The molecule has 0 heterocycles. The summed E-state index contributed by atoms with van der Waals surface area (Å²) >= 11 is 0. The van der Waals surface area contributed by atoms with Gasteiger partial charge in [0.05, 0.1) is 0 Å². The van der Waals surface area contributed by atoms with E-state index in [0.717, 1.165) is 23.1 Å². The second-order valence-corrected chi connectivity index (χ2v) is 3.69. The van der Waals surface area contributed by atoms with Crippen molar-refractivity contribution in [2.45, 2.75) is 13.3 Å². The Kier molecular flexibility index (Phi) is 4.40. The lowest BCUT2D eigenvalue weighted by Crippen LogP contribution is -1.93. The van der Waals surface area contributed by atoms with E-state index < -0.39 is 0 Å². The van der Waals surface area contributed by atoms with Gasteiger partial charge in [-0.2, -0.15) is 0 Å².